The van der Waals surface area contributed by atoms with E-state index in [1.165, 1.54) is 6.20 Å². The van der Waals surface area contributed by atoms with Gasteiger partial charge in [0.1, 0.15) is 0 Å². The lowest BCUT2D eigenvalue weighted by atomic mass is 10.2. The molecule has 0 aliphatic heterocycles. The van der Waals surface area contributed by atoms with Gasteiger partial charge < -0.3 is 16.0 Å². The van der Waals surface area contributed by atoms with Crippen molar-refractivity contribution < 1.29 is 9.59 Å². The topological polar surface area (TPSA) is 83.1 Å². The van der Waals surface area contributed by atoms with E-state index in [1.54, 1.807) is 12.4 Å². The molecule has 6 nitrogen and oxygen atoms in total. The van der Waals surface area contributed by atoms with Crippen molar-refractivity contribution in [1.29, 1.82) is 0 Å². The molecule has 96 valence electrons. The lowest BCUT2D eigenvalue weighted by molar-refractivity contribution is -0.139. The van der Waals surface area contributed by atoms with Gasteiger partial charge in [-0.3, -0.25) is 14.6 Å². The van der Waals surface area contributed by atoms with Gasteiger partial charge in [0, 0.05) is 18.9 Å². The van der Waals surface area contributed by atoms with Gasteiger partial charge in [-0.15, -0.1) is 0 Å². The van der Waals surface area contributed by atoms with E-state index in [1.807, 2.05) is 12.1 Å². The van der Waals surface area contributed by atoms with Crippen molar-refractivity contribution in [3.05, 3.63) is 42.9 Å². The van der Waals surface area contributed by atoms with Crippen LogP contribution in [0, 0.1) is 0 Å². The Bertz CT molecular complexity index is 406. The summed E-state index contributed by atoms with van der Waals surface area (Å²) in [5.41, 5.74) is 1.01. The molecule has 1 heterocycles. The lowest BCUT2D eigenvalue weighted by Crippen LogP contribution is -2.43. The molecule has 3 N–H and O–H groups in total. The van der Waals surface area contributed by atoms with Crippen LogP contribution in [-0.4, -0.2) is 30.0 Å². The number of pyridine rings is 1. The zero-order valence-corrected chi connectivity index (χ0v) is 9.98. The monoisotopic (exact) mass is 248 g/mol. The number of hydrogen-bond acceptors (Lipinski definition) is 4. The van der Waals surface area contributed by atoms with Crippen LogP contribution in [0.4, 0.5) is 0 Å². The van der Waals surface area contributed by atoms with Crippen LogP contribution >= 0.6 is 0 Å². The summed E-state index contributed by atoms with van der Waals surface area (Å²) in [6.07, 6.45) is 5.47. The first-order chi connectivity index (χ1) is 8.74. The third-order valence-corrected chi connectivity index (χ3v) is 2.12. The highest BCUT2D eigenvalue weighted by atomic mass is 16.2. The first-order valence-electron chi connectivity index (χ1n) is 5.53. The molecule has 2 amide bonds. The van der Waals surface area contributed by atoms with Crippen LogP contribution in [0.25, 0.3) is 0 Å². The molecule has 0 saturated heterocycles. The summed E-state index contributed by atoms with van der Waals surface area (Å²) < 4.78 is 0. The van der Waals surface area contributed by atoms with Crippen LogP contribution in [0.15, 0.2) is 37.3 Å². The molecule has 1 rings (SSSR count). The highest BCUT2D eigenvalue weighted by molar-refractivity contribution is 6.35. The highest BCUT2D eigenvalue weighted by Gasteiger charge is 2.11. The van der Waals surface area contributed by atoms with Gasteiger partial charge in [-0.05, 0) is 24.3 Å². The molecular weight excluding hydrogens is 232 g/mol. The van der Waals surface area contributed by atoms with E-state index in [0.29, 0.717) is 13.0 Å². The molecular formula is C12H16N4O2. The third-order valence-electron chi connectivity index (χ3n) is 2.12. The Labute approximate surface area is 105 Å². The van der Waals surface area contributed by atoms with Gasteiger partial charge in [0.2, 0.25) is 0 Å². The first kappa shape index (κ1) is 13.7. The van der Waals surface area contributed by atoms with Gasteiger partial charge in [0.05, 0.1) is 6.67 Å². The van der Waals surface area contributed by atoms with Gasteiger partial charge in [-0.1, -0.05) is 12.6 Å². The Balaban J connectivity index is 2.20. The molecule has 0 aliphatic carbocycles. The molecule has 0 saturated carbocycles. The van der Waals surface area contributed by atoms with Crippen LogP contribution in [0.3, 0.4) is 0 Å². The van der Waals surface area contributed by atoms with Crippen LogP contribution < -0.4 is 16.0 Å². The number of carbonyl (C=O) groups excluding carboxylic acids is 2. The number of nitrogens with one attached hydrogen (secondary N) is 3. The van der Waals surface area contributed by atoms with Gasteiger partial charge in [-0.25, -0.2) is 0 Å². The number of nitrogens with zero attached hydrogens (tertiary/aromatic N) is 1. The Morgan fingerprint density at radius 2 is 2.11 bits per heavy atom. The fraction of sp³-hybridized carbons (Fsp3) is 0.250. The van der Waals surface area contributed by atoms with Crippen LogP contribution in [0.1, 0.15) is 5.56 Å². The van der Waals surface area contributed by atoms with E-state index >= 15 is 0 Å². The standard InChI is InChI=1S/C12H16N4O2/c1-2-13-9-16-12(18)11(17)15-7-5-10-4-3-6-14-8-10/h2-4,6,8,13H,1,5,7,9H2,(H,15,17)(H,16,18). The average Bonchev–Trinajstić information content (AvgIpc) is 2.40. The summed E-state index contributed by atoms with van der Waals surface area (Å²) in [6.45, 7) is 3.99. The molecule has 1 aromatic rings. The number of aromatic nitrogens is 1. The molecule has 0 bridgehead atoms. The van der Waals surface area contributed by atoms with E-state index < -0.39 is 11.8 Å². The van der Waals surface area contributed by atoms with Crippen molar-refractivity contribution in [2.75, 3.05) is 13.2 Å². The van der Waals surface area contributed by atoms with E-state index in [-0.39, 0.29) is 6.67 Å². The molecule has 0 aromatic carbocycles. The predicted molar refractivity (Wildman–Crippen MR) is 67.3 cm³/mol. The zero-order chi connectivity index (χ0) is 13.2. The fourth-order valence-corrected chi connectivity index (χ4v) is 1.23. The van der Waals surface area contributed by atoms with Gasteiger partial charge >= 0.3 is 11.8 Å². The summed E-state index contributed by atoms with van der Waals surface area (Å²) in [6, 6.07) is 3.73. The second kappa shape index (κ2) is 7.83. The summed E-state index contributed by atoms with van der Waals surface area (Å²) in [4.78, 5) is 26.5. The van der Waals surface area contributed by atoms with E-state index in [2.05, 4.69) is 27.5 Å². The van der Waals surface area contributed by atoms with Gasteiger partial charge in [0.25, 0.3) is 0 Å². The number of amides is 2. The minimum absolute atomic E-state index is 0.179. The number of carbonyl (C=O) groups is 2. The van der Waals surface area contributed by atoms with Crippen LogP contribution in [0.5, 0.6) is 0 Å². The average molecular weight is 248 g/mol. The summed E-state index contributed by atoms with van der Waals surface area (Å²) >= 11 is 0. The summed E-state index contributed by atoms with van der Waals surface area (Å²) in [7, 11) is 0. The molecule has 1 aromatic heterocycles. The minimum Gasteiger partial charge on any atom is -0.374 e. The Hall–Kier alpha value is -2.37. The van der Waals surface area contributed by atoms with Gasteiger partial charge in [0.15, 0.2) is 0 Å². The molecule has 18 heavy (non-hydrogen) atoms. The second-order valence-corrected chi connectivity index (χ2v) is 3.46. The normalized spacial score (nSPS) is 9.33. The van der Waals surface area contributed by atoms with Crippen LogP contribution in [0.2, 0.25) is 0 Å². The van der Waals surface area contributed by atoms with Gasteiger partial charge in [-0.2, -0.15) is 0 Å². The molecule has 0 atom stereocenters. The third kappa shape index (κ3) is 5.11. The van der Waals surface area contributed by atoms with Crippen molar-refractivity contribution in [1.82, 2.24) is 20.9 Å². The Morgan fingerprint density at radius 3 is 2.78 bits per heavy atom. The zero-order valence-electron chi connectivity index (χ0n) is 9.98. The molecule has 0 fully saturated rings. The number of rotatable bonds is 6. The molecule has 0 aliphatic rings. The largest absolute Gasteiger partial charge is 0.374 e. The molecule has 0 radical (unpaired) electrons. The second-order valence-electron chi connectivity index (χ2n) is 3.46. The van der Waals surface area contributed by atoms with E-state index in [0.717, 1.165) is 5.56 Å². The van der Waals surface area contributed by atoms with Crippen molar-refractivity contribution >= 4 is 11.8 Å². The molecule has 6 heteroatoms. The highest BCUT2D eigenvalue weighted by Crippen LogP contribution is 1.95. The maximum atomic E-state index is 11.3. The Kier molecular flexibility index (Phi) is 5.96. The summed E-state index contributed by atoms with van der Waals surface area (Å²) in [5, 5.41) is 7.57. The maximum absolute atomic E-state index is 11.3. The molecule has 0 spiro atoms. The quantitative estimate of drug-likeness (QED) is 0.361. The predicted octanol–water partition coefficient (Wildman–Crippen LogP) is -0.453. The number of hydrogen-bond donors (Lipinski definition) is 3. The van der Waals surface area contributed by atoms with E-state index in [9.17, 15) is 9.59 Å². The van der Waals surface area contributed by atoms with Crippen LogP contribution in [-0.2, 0) is 16.0 Å². The van der Waals surface area contributed by atoms with Crippen molar-refractivity contribution in [3.63, 3.8) is 0 Å². The van der Waals surface area contributed by atoms with Crippen molar-refractivity contribution in [2.24, 2.45) is 0 Å². The summed E-state index contributed by atoms with van der Waals surface area (Å²) in [5.74, 6) is -1.32. The lowest BCUT2D eigenvalue weighted by Gasteiger charge is -2.06. The van der Waals surface area contributed by atoms with E-state index in [4.69, 9.17) is 0 Å². The first-order valence-corrected chi connectivity index (χ1v) is 5.53. The van der Waals surface area contributed by atoms with Crippen molar-refractivity contribution in [3.8, 4) is 0 Å². The van der Waals surface area contributed by atoms with Crippen molar-refractivity contribution in [2.45, 2.75) is 6.42 Å². The Morgan fingerprint density at radius 1 is 1.33 bits per heavy atom. The smallest absolute Gasteiger partial charge is 0.310 e. The molecule has 0 unspecified atom stereocenters. The maximum Gasteiger partial charge on any atom is 0.310 e. The fourth-order valence-electron chi connectivity index (χ4n) is 1.23. The minimum atomic E-state index is -0.671. The SMILES string of the molecule is C=CNCNC(=O)C(=O)NCCc1cccnc1.